The quantitative estimate of drug-likeness (QED) is 0.716. The van der Waals surface area contributed by atoms with Crippen LogP contribution in [0.25, 0.3) is 0 Å². The Labute approximate surface area is 152 Å². The lowest BCUT2D eigenvalue weighted by molar-refractivity contribution is -0.140. The van der Waals surface area contributed by atoms with Crippen LogP contribution >= 0.6 is 0 Å². The summed E-state index contributed by atoms with van der Waals surface area (Å²) in [6.07, 6.45) is 1.70. The summed E-state index contributed by atoms with van der Waals surface area (Å²) >= 11 is 0. The maximum atomic E-state index is 12.9. The topological polar surface area (TPSA) is 77.9 Å². The van der Waals surface area contributed by atoms with Gasteiger partial charge in [0, 0.05) is 37.5 Å². The van der Waals surface area contributed by atoms with Gasteiger partial charge in [0.15, 0.2) is 5.78 Å². The molecule has 1 aliphatic rings. The van der Waals surface area contributed by atoms with Crippen molar-refractivity contribution >= 4 is 17.7 Å². The van der Waals surface area contributed by atoms with Crippen molar-refractivity contribution in [1.82, 2.24) is 9.80 Å². The zero-order valence-corrected chi connectivity index (χ0v) is 15.0. The van der Waals surface area contributed by atoms with Gasteiger partial charge in [-0.15, -0.1) is 0 Å². The van der Waals surface area contributed by atoms with Gasteiger partial charge in [-0.25, -0.2) is 4.39 Å². The number of likely N-dealkylation sites (tertiary alicyclic amines) is 1. The van der Waals surface area contributed by atoms with Gasteiger partial charge >= 0.3 is 5.97 Å². The average molecular weight is 364 g/mol. The number of aliphatic carboxylic acids is 1. The number of nitrogens with zero attached hydrogens (tertiary/aromatic N) is 2. The monoisotopic (exact) mass is 364 g/mol. The van der Waals surface area contributed by atoms with Crippen LogP contribution in [0.15, 0.2) is 24.3 Å². The zero-order valence-electron chi connectivity index (χ0n) is 15.0. The normalized spacial score (nSPS) is 15.3. The summed E-state index contributed by atoms with van der Waals surface area (Å²) in [6.45, 7) is 3.76. The second-order valence-corrected chi connectivity index (χ2v) is 6.50. The first-order valence-corrected chi connectivity index (χ1v) is 8.93. The molecule has 0 aromatic heterocycles. The van der Waals surface area contributed by atoms with E-state index in [1.165, 1.54) is 24.3 Å². The number of carboxylic acids is 1. The predicted octanol–water partition coefficient (Wildman–Crippen LogP) is 2.19. The van der Waals surface area contributed by atoms with Crippen molar-refractivity contribution in [3.63, 3.8) is 0 Å². The Morgan fingerprint density at radius 1 is 1.15 bits per heavy atom. The Morgan fingerprint density at radius 3 is 2.31 bits per heavy atom. The van der Waals surface area contributed by atoms with Crippen LogP contribution in [-0.4, -0.2) is 64.8 Å². The van der Waals surface area contributed by atoms with Gasteiger partial charge in [0.1, 0.15) is 5.82 Å². The Balaban J connectivity index is 1.78. The van der Waals surface area contributed by atoms with Crippen LogP contribution in [0.1, 0.15) is 43.0 Å². The summed E-state index contributed by atoms with van der Waals surface area (Å²) in [5.74, 6) is -1.48. The first kappa shape index (κ1) is 20.0. The molecule has 1 fully saturated rings. The number of hydrogen-bond acceptors (Lipinski definition) is 4. The van der Waals surface area contributed by atoms with Crippen molar-refractivity contribution in [3.05, 3.63) is 35.6 Å². The molecule has 0 unspecified atom stereocenters. The smallest absolute Gasteiger partial charge is 0.317 e. The number of carbonyl (C=O) groups is 3. The van der Waals surface area contributed by atoms with E-state index in [2.05, 4.69) is 0 Å². The van der Waals surface area contributed by atoms with Crippen molar-refractivity contribution in [2.45, 2.75) is 38.6 Å². The molecule has 0 spiro atoms. The summed E-state index contributed by atoms with van der Waals surface area (Å²) < 4.78 is 12.9. The Bertz CT molecular complexity index is 639. The molecule has 1 aliphatic heterocycles. The minimum atomic E-state index is -0.843. The minimum Gasteiger partial charge on any atom is -0.480 e. The lowest BCUT2D eigenvalue weighted by Gasteiger charge is -2.37. The van der Waals surface area contributed by atoms with Crippen LogP contribution < -0.4 is 0 Å². The third kappa shape index (κ3) is 5.62. The molecule has 26 heavy (non-hydrogen) atoms. The molecule has 0 radical (unpaired) electrons. The maximum absolute atomic E-state index is 12.9. The van der Waals surface area contributed by atoms with E-state index in [-0.39, 0.29) is 37.1 Å². The molecule has 1 amide bonds. The Kier molecular flexibility index (Phi) is 7.26. The largest absolute Gasteiger partial charge is 0.480 e. The molecule has 1 aromatic rings. The van der Waals surface area contributed by atoms with Gasteiger partial charge in [-0.1, -0.05) is 6.92 Å². The molecule has 0 bridgehead atoms. The highest BCUT2D eigenvalue weighted by Crippen LogP contribution is 2.18. The summed E-state index contributed by atoms with van der Waals surface area (Å²) in [7, 11) is 0. The fraction of sp³-hybridized carbons (Fsp3) is 0.526. The summed E-state index contributed by atoms with van der Waals surface area (Å²) in [6, 6.07) is 5.48. The number of rotatable bonds is 8. The first-order valence-electron chi connectivity index (χ1n) is 8.93. The lowest BCUT2D eigenvalue weighted by atomic mass is 10.0. The van der Waals surface area contributed by atoms with Crippen molar-refractivity contribution in [1.29, 1.82) is 0 Å². The van der Waals surface area contributed by atoms with Gasteiger partial charge in [-0.2, -0.15) is 0 Å². The molecule has 1 aromatic carbocycles. The number of halogens is 1. The number of carboxylic acid groups (broad SMARTS) is 1. The minimum absolute atomic E-state index is 0.0152. The van der Waals surface area contributed by atoms with Crippen molar-refractivity contribution in [2.75, 3.05) is 26.2 Å². The molecule has 1 heterocycles. The summed E-state index contributed by atoms with van der Waals surface area (Å²) in [4.78, 5) is 39.0. The van der Waals surface area contributed by atoms with Gasteiger partial charge in [0.2, 0.25) is 5.91 Å². The third-order valence-electron chi connectivity index (χ3n) is 4.81. The molecule has 7 heteroatoms. The van der Waals surface area contributed by atoms with E-state index in [1.54, 1.807) is 4.90 Å². The zero-order chi connectivity index (χ0) is 19.1. The van der Waals surface area contributed by atoms with Crippen molar-refractivity contribution in [2.24, 2.45) is 0 Å². The molecule has 1 saturated heterocycles. The van der Waals surface area contributed by atoms with E-state index in [0.29, 0.717) is 25.2 Å². The van der Waals surface area contributed by atoms with Gasteiger partial charge in [0.05, 0.1) is 6.54 Å². The van der Waals surface area contributed by atoms with Crippen LogP contribution in [0.2, 0.25) is 0 Å². The number of hydrogen-bond donors (Lipinski definition) is 1. The van der Waals surface area contributed by atoms with Crippen LogP contribution in [0.3, 0.4) is 0 Å². The van der Waals surface area contributed by atoms with E-state index in [9.17, 15) is 18.8 Å². The summed E-state index contributed by atoms with van der Waals surface area (Å²) in [5, 5.41) is 8.96. The second-order valence-electron chi connectivity index (χ2n) is 6.50. The number of piperidine rings is 1. The molecule has 1 N–H and O–H groups in total. The number of Topliss-reactive ketones (excluding diaryl/α,β-unsaturated/α-hetero) is 1. The average Bonchev–Trinajstić information content (AvgIpc) is 2.64. The van der Waals surface area contributed by atoms with Gasteiger partial charge in [-0.05, 0) is 43.7 Å². The van der Waals surface area contributed by atoms with E-state index in [1.807, 2.05) is 11.8 Å². The number of carbonyl (C=O) groups excluding carboxylic acids is 2. The molecule has 0 atom stereocenters. The molecule has 2 rings (SSSR count). The lowest BCUT2D eigenvalue weighted by Crippen LogP contribution is -2.48. The highest BCUT2D eigenvalue weighted by molar-refractivity contribution is 5.97. The third-order valence-corrected chi connectivity index (χ3v) is 4.81. The number of amides is 1. The molecule has 0 saturated carbocycles. The number of benzene rings is 1. The van der Waals surface area contributed by atoms with Crippen LogP contribution in [-0.2, 0) is 9.59 Å². The SMILES string of the molecule is CCN(CC(=O)O)C1CCN(C(=O)CCC(=O)c2ccc(F)cc2)CC1. The molecule has 142 valence electrons. The van der Waals surface area contributed by atoms with E-state index in [4.69, 9.17) is 5.11 Å². The molecule has 0 aliphatic carbocycles. The predicted molar refractivity (Wildman–Crippen MR) is 94.4 cm³/mol. The standard InChI is InChI=1S/C19H25FN2O4/c1-2-21(13-19(25)26)16-9-11-22(12-10-16)18(24)8-7-17(23)14-3-5-15(20)6-4-14/h3-6,16H,2,7-13H2,1H3,(H,25,26). The highest BCUT2D eigenvalue weighted by atomic mass is 19.1. The Morgan fingerprint density at radius 2 is 1.77 bits per heavy atom. The van der Waals surface area contributed by atoms with Crippen LogP contribution in [0, 0.1) is 5.82 Å². The fourth-order valence-corrected chi connectivity index (χ4v) is 3.31. The molecular weight excluding hydrogens is 339 g/mol. The highest BCUT2D eigenvalue weighted by Gasteiger charge is 2.27. The van der Waals surface area contributed by atoms with Crippen LogP contribution in [0.4, 0.5) is 4.39 Å². The van der Waals surface area contributed by atoms with E-state index in [0.717, 1.165) is 12.8 Å². The van der Waals surface area contributed by atoms with E-state index >= 15 is 0 Å². The Hall–Kier alpha value is -2.28. The van der Waals surface area contributed by atoms with Gasteiger partial charge < -0.3 is 10.0 Å². The second kappa shape index (κ2) is 9.43. The molecular formula is C19H25FN2O4. The van der Waals surface area contributed by atoms with Gasteiger partial charge in [-0.3, -0.25) is 19.3 Å². The number of ketones is 1. The summed E-state index contributed by atoms with van der Waals surface area (Å²) in [5.41, 5.74) is 0.408. The van der Waals surface area contributed by atoms with E-state index < -0.39 is 11.8 Å². The first-order chi connectivity index (χ1) is 12.4. The van der Waals surface area contributed by atoms with Crippen molar-refractivity contribution < 1.29 is 23.9 Å². The van der Waals surface area contributed by atoms with Crippen LogP contribution in [0.5, 0.6) is 0 Å². The van der Waals surface area contributed by atoms with Gasteiger partial charge in [0.25, 0.3) is 0 Å². The maximum Gasteiger partial charge on any atom is 0.317 e. The molecule has 6 nitrogen and oxygen atoms in total. The van der Waals surface area contributed by atoms with Crippen molar-refractivity contribution in [3.8, 4) is 0 Å². The number of likely N-dealkylation sites (N-methyl/N-ethyl adjacent to an activating group) is 1. The fourth-order valence-electron chi connectivity index (χ4n) is 3.31.